The molecule has 0 radical (unpaired) electrons. The number of thioether (sulfide) groups is 1. The van der Waals surface area contributed by atoms with Crippen LogP contribution in [0.3, 0.4) is 0 Å². The molecule has 31 heavy (non-hydrogen) atoms. The Kier molecular flexibility index (Phi) is 6.98. The standard InChI is InChI=1S/C27H35NO2S/c1-20-16-24(29-4)11-13-26(20)31-19-28(23-8-6-5-7-9-23)18-21-10-12-25-22(17-21)14-15-27(2,3)30-25/h10-17,23H,5-9,18-19H2,1-4H3. The van der Waals surface area contributed by atoms with E-state index in [1.807, 2.05) is 11.8 Å². The minimum Gasteiger partial charge on any atom is -0.497 e. The fourth-order valence-electron chi connectivity index (χ4n) is 4.55. The number of hydrogen-bond acceptors (Lipinski definition) is 4. The Morgan fingerprint density at radius 2 is 1.90 bits per heavy atom. The molecular weight excluding hydrogens is 402 g/mol. The summed E-state index contributed by atoms with van der Waals surface area (Å²) in [5.74, 6) is 2.93. The molecule has 1 heterocycles. The molecule has 2 aromatic carbocycles. The van der Waals surface area contributed by atoms with Crippen molar-refractivity contribution >= 4 is 17.8 Å². The molecule has 0 aromatic heterocycles. The molecule has 1 aliphatic heterocycles. The lowest BCUT2D eigenvalue weighted by Crippen LogP contribution is -2.36. The summed E-state index contributed by atoms with van der Waals surface area (Å²) >= 11 is 1.95. The number of nitrogens with zero attached hydrogens (tertiary/aromatic N) is 1. The fraction of sp³-hybridized carbons (Fsp3) is 0.481. The highest BCUT2D eigenvalue weighted by Crippen LogP contribution is 2.34. The summed E-state index contributed by atoms with van der Waals surface area (Å²) in [7, 11) is 1.73. The zero-order valence-electron chi connectivity index (χ0n) is 19.3. The smallest absolute Gasteiger partial charge is 0.127 e. The SMILES string of the molecule is COc1ccc(SCN(Cc2ccc3c(c2)C=CC(C)(C)O3)C2CCCCC2)c(C)c1. The van der Waals surface area contributed by atoms with Gasteiger partial charge in [0.2, 0.25) is 0 Å². The summed E-state index contributed by atoms with van der Waals surface area (Å²) in [6.45, 7) is 7.36. The maximum absolute atomic E-state index is 6.12. The zero-order valence-corrected chi connectivity index (χ0v) is 20.1. The lowest BCUT2D eigenvalue weighted by atomic mass is 9.94. The van der Waals surface area contributed by atoms with Crippen LogP contribution >= 0.6 is 11.8 Å². The first-order valence-electron chi connectivity index (χ1n) is 11.5. The van der Waals surface area contributed by atoms with E-state index in [2.05, 4.69) is 74.2 Å². The van der Waals surface area contributed by atoms with Gasteiger partial charge in [-0.3, -0.25) is 4.90 Å². The van der Waals surface area contributed by atoms with E-state index < -0.39 is 0 Å². The second-order valence-corrected chi connectivity index (χ2v) is 10.3. The summed E-state index contributed by atoms with van der Waals surface area (Å²) in [6, 6.07) is 13.8. The van der Waals surface area contributed by atoms with Crippen molar-refractivity contribution < 1.29 is 9.47 Å². The van der Waals surface area contributed by atoms with Crippen molar-refractivity contribution in [1.82, 2.24) is 4.90 Å². The third-order valence-electron chi connectivity index (χ3n) is 6.36. The van der Waals surface area contributed by atoms with Gasteiger partial charge in [0.05, 0.1) is 7.11 Å². The number of hydrogen-bond donors (Lipinski definition) is 0. The van der Waals surface area contributed by atoms with Crippen LogP contribution in [0.15, 0.2) is 47.4 Å². The monoisotopic (exact) mass is 437 g/mol. The predicted molar refractivity (Wildman–Crippen MR) is 131 cm³/mol. The molecule has 0 atom stereocenters. The van der Waals surface area contributed by atoms with Crippen LogP contribution in [0.2, 0.25) is 0 Å². The van der Waals surface area contributed by atoms with Crippen molar-refractivity contribution in [2.75, 3.05) is 13.0 Å². The van der Waals surface area contributed by atoms with E-state index in [1.165, 1.54) is 53.7 Å². The summed E-state index contributed by atoms with van der Waals surface area (Å²) < 4.78 is 11.5. The van der Waals surface area contributed by atoms with Crippen molar-refractivity contribution in [3.63, 3.8) is 0 Å². The lowest BCUT2D eigenvalue weighted by molar-refractivity contribution is 0.158. The van der Waals surface area contributed by atoms with Crippen LogP contribution in [0.4, 0.5) is 0 Å². The second kappa shape index (κ2) is 9.70. The van der Waals surface area contributed by atoms with Crippen LogP contribution in [0.5, 0.6) is 11.5 Å². The van der Waals surface area contributed by atoms with E-state index in [0.717, 1.165) is 23.9 Å². The summed E-state index contributed by atoms with van der Waals surface area (Å²) in [5, 5.41) is 0. The predicted octanol–water partition coefficient (Wildman–Crippen LogP) is 7.07. The Hall–Kier alpha value is -1.91. The highest BCUT2D eigenvalue weighted by atomic mass is 32.2. The van der Waals surface area contributed by atoms with Crippen LogP contribution in [-0.4, -0.2) is 29.5 Å². The topological polar surface area (TPSA) is 21.7 Å². The third-order valence-corrected chi connectivity index (χ3v) is 7.59. The highest BCUT2D eigenvalue weighted by molar-refractivity contribution is 7.99. The maximum Gasteiger partial charge on any atom is 0.127 e. The number of ether oxygens (including phenoxy) is 2. The second-order valence-electron chi connectivity index (χ2n) is 9.35. The first-order chi connectivity index (χ1) is 14.9. The molecule has 1 aliphatic carbocycles. The Morgan fingerprint density at radius 1 is 1.10 bits per heavy atom. The van der Waals surface area contributed by atoms with Gasteiger partial charge in [0, 0.05) is 28.9 Å². The van der Waals surface area contributed by atoms with Gasteiger partial charge in [0.25, 0.3) is 0 Å². The van der Waals surface area contributed by atoms with Crippen LogP contribution in [0, 0.1) is 6.92 Å². The molecule has 1 saturated carbocycles. The lowest BCUT2D eigenvalue weighted by Gasteiger charge is -2.34. The van der Waals surface area contributed by atoms with Gasteiger partial charge in [0.15, 0.2) is 0 Å². The number of methoxy groups -OCH3 is 1. The maximum atomic E-state index is 6.12. The van der Waals surface area contributed by atoms with Crippen molar-refractivity contribution in [3.05, 3.63) is 59.2 Å². The van der Waals surface area contributed by atoms with Gasteiger partial charge < -0.3 is 9.47 Å². The average Bonchev–Trinajstić information content (AvgIpc) is 2.77. The molecule has 0 amide bonds. The molecule has 4 rings (SSSR count). The largest absolute Gasteiger partial charge is 0.497 e. The molecule has 2 aromatic rings. The molecular formula is C27H35NO2S. The molecule has 0 N–H and O–H groups in total. The van der Waals surface area contributed by atoms with Gasteiger partial charge in [-0.1, -0.05) is 31.4 Å². The number of benzene rings is 2. The van der Waals surface area contributed by atoms with E-state index in [1.54, 1.807) is 7.11 Å². The van der Waals surface area contributed by atoms with E-state index in [-0.39, 0.29) is 5.60 Å². The first kappa shape index (κ1) is 22.3. The van der Waals surface area contributed by atoms with Crippen molar-refractivity contribution in [2.45, 2.75) is 76.0 Å². The molecule has 4 heteroatoms. The van der Waals surface area contributed by atoms with Gasteiger partial charge in [-0.15, -0.1) is 11.8 Å². The molecule has 2 aliphatic rings. The molecule has 0 bridgehead atoms. The van der Waals surface area contributed by atoms with Crippen LogP contribution in [0.25, 0.3) is 6.08 Å². The van der Waals surface area contributed by atoms with Gasteiger partial charge in [-0.2, -0.15) is 0 Å². The number of aryl methyl sites for hydroxylation is 1. The molecule has 0 saturated heterocycles. The molecule has 0 unspecified atom stereocenters. The third kappa shape index (κ3) is 5.67. The van der Waals surface area contributed by atoms with Gasteiger partial charge >= 0.3 is 0 Å². The normalized spacial score (nSPS) is 18.0. The van der Waals surface area contributed by atoms with E-state index >= 15 is 0 Å². The van der Waals surface area contributed by atoms with Gasteiger partial charge in [-0.05, 0) is 81.1 Å². The molecule has 1 fully saturated rings. The van der Waals surface area contributed by atoms with Gasteiger partial charge in [0.1, 0.15) is 17.1 Å². The fourth-order valence-corrected chi connectivity index (χ4v) is 5.61. The minimum atomic E-state index is -0.227. The number of rotatable bonds is 7. The Balaban J connectivity index is 1.49. The number of fused-ring (bicyclic) bond motifs is 1. The Labute approximate surface area is 191 Å². The van der Waals surface area contributed by atoms with Crippen molar-refractivity contribution in [1.29, 1.82) is 0 Å². The van der Waals surface area contributed by atoms with E-state index in [4.69, 9.17) is 9.47 Å². The molecule has 3 nitrogen and oxygen atoms in total. The highest BCUT2D eigenvalue weighted by Gasteiger charge is 2.24. The zero-order chi connectivity index (χ0) is 21.8. The van der Waals surface area contributed by atoms with Crippen molar-refractivity contribution in [2.24, 2.45) is 0 Å². The van der Waals surface area contributed by atoms with Crippen LogP contribution in [0.1, 0.15) is 62.6 Å². The summed E-state index contributed by atoms with van der Waals surface area (Å²) in [4.78, 5) is 4.03. The van der Waals surface area contributed by atoms with Crippen molar-refractivity contribution in [3.8, 4) is 11.5 Å². The Morgan fingerprint density at radius 3 is 2.65 bits per heavy atom. The first-order valence-corrected chi connectivity index (χ1v) is 12.4. The molecule has 166 valence electrons. The van der Waals surface area contributed by atoms with E-state index in [9.17, 15) is 0 Å². The summed E-state index contributed by atoms with van der Waals surface area (Å²) in [6.07, 6.45) is 11.1. The average molecular weight is 438 g/mol. The summed E-state index contributed by atoms with van der Waals surface area (Å²) in [5.41, 5.74) is 3.62. The van der Waals surface area contributed by atoms with Crippen LogP contribution < -0.4 is 9.47 Å². The van der Waals surface area contributed by atoms with E-state index in [0.29, 0.717) is 6.04 Å². The Bertz CT molecular complexity index is 931. The molecule has 0 spiro atoms. The van der Waals surface area contributed by atoms with Crippen LogP contribution in [-0.2, 0) is 6.54 Å². The van der Waals surface area contributed by atoms with Gasteiger partial charge in [-0.25, -0.2) is 0 Å². The quantitative estimate of drug-likeness (QED) is 0.341. The minimum absolute atomic E-state index is 0.227.